The Kier molecular flexibility index (Phi) is 3.85. The van der Waals surface area contributed by atoms with Crippen LogP contribution in [0.1, 0.15) is 16.6 Å². The topological polar surface area (TPSA) is 51.2 Å². The number of carbonyl (C=O) groups excluding carboxylic acids is 1. The largest absolute Gasteiger partial charge is 0.383 e. The zero-order chi connectivity index (χ0) is 9.68. The number of ether oxygens (including phenoxy) is 1. The summed E-state index contributed by atoms with van der Waals surface area (Å²) in [6.07, 6.45) is 1.59. The van der Waals surface area contributed by atoms with Crippen molar-refractivity contribution < 1.29 is 9.53 Å². The van der Waals surface area contributed by atoms with Crippen LogP contribution in [0.3, 0.4) is 0 Å². The van der Waals surface area contributed by atoms with Crippen LogP contribution in [0.4, 0.5) is 5.13 Å². The van der Waals surface area contributed by atoms with Crippen molar-refractivity contribution in [1.82, 2.24) is 4.98 Å². The molecule has 0 aliphatic carbocycles. The molecule has 0 bridgehead atoms. The van der Waals surface area contributed by atoms with E-state index < -0.39 is 0 Å². The SMILES string of the molecule is COCCNc1ncc(C(C)=O)s1. The predicted octanol–water partition coefficient (Wildman–Crippen LogP) is 1.40. The minimum atomic E-state index is 0.0530. The molecule has 1 rings (SSSR count). The van der Waals surface area contributed by atoms with Crippen LogP contribution in [-0.2, 0) is 4.74 Å². The molecule has 1 N–H and O–H groups in total. The van der Waals surface area contributed by atoms with Crippen molar-refractivity contribution in [1.29, 1.82) is 0 Å². The molecule has 0 atom stereocenters. The number of carbonyl (C=O) groups is 1. The van der Waals surface area contributed by atoms with E-state index in [9.17, 15) is 4.79 Å². The van der Waals surface area contributed by atoms with Crippen molar-refractivity contribution in [2.24, 2.45) is 0 Å². The number of anilines is 1. The summed E-state index contributed by atoms with van der Waals surface area (Å²) in [5.41, 5.74) is 0. The lowest BCUT2D eigenvalue weighted by Crippen LogP contribution is -2.06. The van der Waals surface area contributed by atoms with Crippen molar-refractivity contribution in [2.45, 2.75) is 6.92 Å². The van der Waals surface area contributed by atoms with E-state index >= 15 is 0 Å². The molecule has 0 aliphatic heterocycles. The number of hydrogen-bond donors (Lipinski definition) is 1. The van der Waals surface area contributed by atoms with Crippen molar-refractivity contribution >= 4 is 22.3 Å². The second-order valence-corrected chi connectivity index (χ2v) is 3.54. The Labute approximate surface area is 80.9 Å². The summed E-state index contributed by atoms with van der Waals surface area (Å²) < 4.78 is 4.87. The molecule has 1 aromatic rings. The summed E-state index contributed by atoms with van der Waals surface area (Å²) in [5.74, 6) is 0.0530. The van der Waals surface area contributed by atoms with E-state index in [1.807, 2.05) is 0 Å². The zero-order valence-corrected chi connectivity index (χ0v) is 8.48. The zero-order valence-electron chi connectivity index (χ0n) is 7.66. The second-order valence-electron chi connectivity index (χ2n) is 2.51. The third-order valence-corrected chi connectivity index (χ3v) is 2.49. The molecule has 5 heteroatoms. The van der Waals surface area contributed by atoms with Crippen LogP contribution in [0.2, 0.25) is 0 Å². The third kappa shape index (κ3) is 3.12. The van der Waals surface area contributed by atoms with Gasteiger partial charge in [0, 0.05) is 20.6 Å². The maximum absolute atomic E-state index is 10.9. The molecule has 4 nitrogen and oxygen atoms in total. The van der Waals surface area contributed by atoms with Gasteiger partial charge in [0.1, 0.15) is 0 Å². The van der Waals surface area contributed by atoms with Gasteiger partial charge in [-0.15, -0.1) is 0 Å². The molecular formula is C8H12N2O2S. The highest BCUT2D eigenvalue weighted by Gasteiger charge is 2.04. The van der Waals surface area contributed by atoms with Gasteiger partial charge in [-0.1, -0.05) is 11.3 Å². The number of Topliss-reactive ketones (excluding diaryl/α,β-unsaturated/α-hetero) is 1. The highest BCUT2D eigenvalue weighted by molar-refractivity contribution is 7.17. The molecular weight excluding hydrogens is 188 g/mol. The summed E-state index contributed by atoms with van der Waals surface area (Å²) in [4.78, 5) is 15.6. The van der Waals surface area contributed by atoms with Crippen LogP contribution in [0.5, 0.6) is 0 Å². The molecule has 72 valence electrons. The average Bonchev–Trinajstić information content (AvgIpc) is 2.53. The highest BCUT2D eigenvalue weighted by Crippen LogP contribution is 2.17. The molecule has 13 heavy (non-hydrogen) atoms. The number of ketones is 1. The Balaban J connectivity index is 2.44. The minimum absolute atomic E-state index is 0.0530. The Morgan fingerprint density at radius 2 is 2.54 bits per heavy atom. The smallest absolute Gasteiger partial charge is 0.183 e. The minimum Gasteiger partial charge on any atom is -0.383 e. The summed E-state index contributed by atoms with van der Waals surface area (Å²) in [6, 6.07) is 0. The van der Waals surface area contributed by atoms with Crippen molar-refractivity contribution in [3.8, 4) is 0 Å². The first kappa shape index (κ1) is 10.1. The Bertz CT molecular complexity index is 285. The predicted molar refractivity (Wildman–Crippen MR) is 52.5 cm³/mol. The second kappa shape index (κ2) is 4.94. The average molecular weight is 200 g/mol. The van der Waals surface area contributed by atoms with Crippen LogP contribution in [0, 0.1) is 0 Å². The number of rotatable bonds is 5. The van der Waals surface area contributed by atoms with Gasteiger partial charge in [-0.3, -0.25) is 4.79 Å². The molecule has 1 aromatic heterocycles. The first-order chi connectivity index (χ1) is 6.24. The molecule has 0 aromatic carbocycles. The molecule has 0 amide bonds. The van der Waals surface area contributed by atoms with Crippen molar-refractivity contribution in [2.75, 3.05) is 25.6 Å². The fourth-order valence-corrected chi connectivity index (χ4v) is 1.52. The quantitative estimate of drug-likeness (QED) is 0.576. The Hall–Kier alpha value is -0.940. The first-order valence-corrected chi connectivity index (χ1v) is 4.75. The fourth-order valence-electron chi connectivity index (χ4n) is 0.779. The molecule has 0 spiro atoms. The van der Waals surface area contributed by atoms with Crippen LogP contribution in [-0.4, -0.2) is 31.0 Å². The number of thiazole rings is 1. The molecule has 0 fully saturated rings. The normalized spacial score (nSPS) is 10.0. The van der Waals surface area contributed by atoms with Crippen LogP contribution < -0.4 is 5.32 Å². The monoisotopic (exact) mass is 200 g/mol. The lowest BCUT2D eigenvalue weighted by atomic mass is 10.4. The van der Waals surface area contributed by atoms with Gasteiger partial charge in [0.05, 0.1) is 17.7 Å². The number of nitrogens with one attached hydrogen (secondary N) is 1. The van der Waals surface area contributed by atoms with Gasteiger partial charge in [-0.05, 0) is 0 Å². The van der Waals surface area contributed by atoms with Crippen molar-refractivity contribution in [3.05, 3.63) is 11.1 Å². The van der Waals surface area contributed by atoms with Gasteiger partial charge in [-0.25, -0.2) is 4.98 Å². The number of nitrogens with zero attached hydrogens (tertiary/aromatic N) is 1. The number of hydrogen-bond acceptors (Lipinski definition) is 5. The van der Waals surface area contributed by atoms with Gasteiger partial charge in [0.25, 0.3) is 0 Å². The number of aromatic nitrogens is 1. The molecule has 0 saturated heterocycles. The molecule has 1 heterocycles. The van der Waals surface area contributed by atoms with Crippen LogP contribution >= 0.6 is 11.3 Å². The van der Waals surface area contributed by atoms with E-state index in [0.717, 1.165) is 5.13 Å². The first-order valence-electron chi connectivity index (χ1n) is 3.93. The van der Waals surface area contributed by atoms with E-state index in [-0.39, 0.29) is 5.78 Å². The molecule has 0 aliphatic rings. The lowest BCUT2D eigenvalue weighted by Gasteiger charge is -1.99. The standard InChI is InChI=1S/C8H12N2O2S/c1-6(11)7-5-10-8(13-7)9-3-4-12-2/h5H,3-4H2,1-2H3,(H,9,10). The van der Waals surface area contributed by atoms with Gasteiger partial charge in [0.2, 0.25) is 0 Å². The fraction of sp³-hybridized carbons (Fsp3) is 0.500. The van der Waals surface area contributed by atoms with E-state index in [1.165, 1.54) is 18.3 Å². The van der Waals surface area contributed by atoms with Crippen molar-refractivity contribution in [3.63, 3.8) is 0 Å². The third-order valence-electron chi connectivity index (χ3n) is 1.44. The number of methoxy groups -OCH3 is 1. The Morgan fingerprint density at radius 1 is 1.77 bits per heavy atom. The molecule has 0 saturated carbocycles. The summed E-state index contributed by atoms with van der Waals surface area (Å²) in [5, 5.41) is 3.82. The highest BCUT2D eigenvalue weighted by atomic mass is 32.1. The van der Waals surface area contributed by atoms with E-state index in [4.69, 9.17) is 4.74 Å². The maximum Gasteiger partial charge on any atom is 0.183 e. The maximum atomic E-state index is 10.9. The lowest BCUT2D eigenvalue weighted by molar-refractivity contribution is 0.102. The summed E-state index contributed by atoms with van der Waals surface area (Å²) >= 11 is 1.36. The van der Waals surface area contributed by atoms with Gasteiger partial charge >= 0.3 is 0 Å². The molecule has 0 radical (unpaired) electrons. The van der Waals surface area contributed by atoms with Gasteiger partial charge in [-0.2, -0.15) is 0 Å². The molecule has 0 unspecified atom stereocenters. The van der Waals surface area contributed by atoms with E-state index in [0.29, 0.717) is 18.0 Å². The van der Waals surface area contributed by atoms with E-state index in [2.05, 4.69) is 10.3 Å². The summed E-state index contributed by atoms with van der Waals surface area (Å²) in [7, 11) is 1.64. The Morgan fingerprint density at radius 3 is 3.08 bits per heavy atom. The summed E-state index contributed by atoms with van der Waals surface area (Å²) in [6.45, 7) is 2.88. The van der Waals surface area contributed by atoms with E-state index in [1.54, 1.807) is 13.3 Å². The van der Waals surface area contributed by atoms with Gasteiger partial charge < -0.3 is 10.1 Å². The van der Waals surface area contributed by atoms with Crippen LogP contribution in [0.15, 0.2) is 6.20 Å². The van der Waals surface area contributed by atoms with Gasteiger partial charge in [0.15, 0.2) is 10.9 Å². The van der Waals surface area contributed by atoms with Crippen LogP contribution in [0.25, 0.3) is 0 Å².